The average Bonchev–Trinajstić information content (AvgIpc) is 2.34. The maximum atomic E-state index is 12.1. The summed E-state index contributed by atoms with van der Waals surface area (Å²) in [5, 5.41) is 21.1. The lowest BCUT2D eigenvalue weighted by molar-refractivity contribution is -0.119. The van der Waals surface area contributed by atoms with E-state index in [0.29, 0.717) is 12.0 Å². The smallest absolute Gasteiger partial charge is 0.249 e. The molecule has 0 aromatic carbocycles. The summed E-state index contributed by atoms with van der Waals surface area (Å²) in [6, 6.07) is -0.243. The van der Waals surface area contributed by atoms with E-state index < -0.39 is 0 Å². The first-order valence-electron chi connectivity index (χ1n) is 6.12. The monoisotopic (exact) mass is 254 g/mol. The van der Waals surface area contributed by atoms with E-state index in [-0.39, 0.29) is 31.1 Å². The Morgan fingerprint density at radius 2 is 2.11 bits per heavy atom. The van der Waals surface area contributed by atoms with Crippen LogP contribution in [0.3, 0.4) is 0 Å². The Kier molecular flexibility index (Phi) is 5.37. The molecule has 18 heavy (non-hydrogen) atoms. The third-order valence-corrected chi connectivity index (χ3v) is 2.98. The molecule has 0 aliphatic carbocycles. The van der Waals surface area contributed by atoms with Crippen LogP contribution < -0.4 is 5.32 Å². The van der Waals surface area contributed by atoms with Crippen molar-refractivity contribution in [1.29, 1.82) is 0 Å². The van der Waals surface area contributed by atoms with Crippen LogP contribution in [0.15, 0.2) is 23.5 Å². The number of nitrogens with one attached hydrogen (secondary N) is 1. The fraction of sp³-hybridized carbons (Fsp3) is 0.615. The quantitative estimate of drug-likeness (QED) is 0.656. The molecule has 1 aliphatic heterocycles. The van der Waals surface area contributed by atoms with Crippen molar-refractivity contribution >= 4 is 5.91 Å². The van der Waals surface area contributed by atoms with Crippen LogP contribution in [0.5, 0.6) is 0 Å². The van der Waals surface area contributed by atoms with E-state index >= 15 is 0 Å². The molecule has 0 fully saturated rings. The molecule has 0 spiro atoms. The highest BCUT2D eigenvalue weighted by Gasteiger charge is 2.20. The predicted molar refractivity (Wildman–Crippen MR) is 69.5 cm³/mol. The Balaban J connectivity index is 2.68. The molecule has 0 unspecified atom stereocenters. The summed E-state index contributed by atoms with van der Waals surface area (Å²) in [6.07, 6.45) is 3.99. The average molecular weight is 254 g/mol. The van der Waals surface area contributed by atoms with Gasteiger partial charge in [-0.1, -0.05) is 13.8 Å². The summed E-state index contributed by atoms with van der Waals surface area (Å²) < 4.78 is 0. The fourth-order valence-electron chi connectivity index (χ4n) is 1.83. The van der Waals surface area contributed by atoms with Crippen molar-refractivity contribution in [3.05, 3.63) is 23.5 Å². The number of hydrogen-bond donors (Lipinski definition) is 3. The van der Waals surface area contributed by atoms with Gasteiger partial charge in [-0.15, -0.1) is 0 Å². The highest BCUT2D eigenvalue weighted by molar-refractivity contribution is 5.94. The fourth-order valence-corrected chi connectivity index (χ4v) is 1.83. The molecule has 0 saturated carbocycles. The molecule has 1 rings (SSSR count). The van der Waals surface area contributed by atoms with E-state index in [9.17, 15) is 9.90 Å². The van der Waals surface area contributed by atoms with Crippen LogP contribution in [0, 0.1) is 5.92 Å². The van der Waals surface area contributed by atoms with Crippen LogP contribution >= 0.6 is 0 Å². The maximum Gasteiger partial charge on any atom is 0.249 e. The number of amides is 1. The van der Waals surface area contributed by atoms with Crippen LogP contribution in [0.25, 0.3) is 0 Å². The summed E-state index contributed by atoms with van der Waals surface area (Å²) in [5.74, 6) is -0.0117. The lowest BCUT2D eigenvalue weighted by Crippen LogP contribution is -2.42. The molecule has 0 bridgehead atoms. The number of nitrogens with zero attached hydrogens (tertiary/aromatic N) is 1. The molecular formula is C13H22N2O3. The van der Waals surface area contributed by atoms with Crippen LogP contribution in [0.1, 0.15) is 20.3 Å². The zero-order chi connectivity index (χ0) is 13.7. The maximum absolute atomic E-state index is 12.1. The van der Waals surface area contributed by atoms with Crippen molar-refractivity contribution in [1.82, 2.24) is 10.2 Å². The number of aliphatic hydroxyl groups is 2. The summed E-state index contributed by atoms with van der Waals surface area (Å²) in [4.78, 5) is 13.8. The second-order valence-electron chi connectivity index (χ2n) is 4.95. The summed E-state index contributed by atoms with van der Waals surface area (Å²) in [7, 11) is 1.81. The molecule has 1 heterocycles. The van der Waals surface area contributed by atoms with Gasteiger partial charge < -0.3 is 20.4 Å². The minimum absolute atomic E-state index is 0.0530. The molecular weight excluding hydrogens is 232 g/mol. The van der Waals surface area contributed by atoms with Crippen molar-refractivity contribution in [2.24, 2.45) is 5.92 Å². The zero-order valence-electron chi connectivity index (χ0n) is 11.2. The SMILES string of the molecule is CC(C)[C@@H](CO)NC(=O)C1=CN(C)C=C(CO)C1. The van der Waals surface area contributed by atoms with E-state index in [4.69, 9.17) is 5.11 Å². The number of aliphatic hydroxyl groups excluding tert-OH is 2. The zero-order valence-corrected chi connectivity index (χ0v) is 11.2. The molecule has 5 nitrogen and oxygen atoms in total. The largest absolute Gasteiger partial charge is 0.394 e. The third kappa shape index (κ3) is 3.85. The number of carbonyl (C=O) groups excluding carboxylic acids is 1. The van der Waals surface area contributed by atoms with Gasteiger partial charge >= 0.3 is 0 Å². The second kappa shape index (κ2) is 6.56. The van der Waals surface area contributed by atoms with Gasteiger partial charge in [0, 0.05) is 31.4 Å². The van der Waals surface area contributed by atoms with Crippen molar-refractivity contribution < 1.29 is 15.0 Å². The van der Waals surface area contributed by atoms with E-state index in [1.54, 1.807) is 11.1 Å². The van der Waals surface area contributed by atoms with E-state index in [0.717, 1.165) is 5.57 Å². The lowest BCUT2D eigenvalue weighted by Gasteiger charge is -2.24. The van der Waals surface area contributed by atoms with Crippen molar-refractivity contribution in [3.8, 4) is 0 Å². The van der Waals surface area contributed by atoms with Crippen molar-refractivity contribution in [2.75, 3.05) is 20.3 Å². The van der Waals surface area contributed by atoms with Gasteiger partial charge in [-0.2, -0.15) is 0 Å². The lowest BCUT2D eigenvalue weighted by atomic mass is 10.0. The summed E-state index contributed by atoms with van der Waals surface area (Å²) in [5.41, 5.74) is 1.40. The van der Waals surface area contributed by atoms with Gasteiger partial charge in [0.15, 0.2) is 0 Å². The molecule has 1 aliphatic rings. The molecule has 102 valence electrons. The summed E-state index contributed by atoms with van der Waals surface area (Å²) >= 11 is 0. The number of rotatable bonds is 5. The molecule has 5 heteroatoms. The number of hydrogen-bond acceptors (Lipinski definition) is 4. The van der Waals surface area contributed by atoms with Gasteiger partial charge in [-0.3, -0.25) is 4.79 Å². The van der Waals surface area contributed by atoms with Gasteiger partial charge in [0.2, 0.25) is 5.91 Å². The van der Waals surface area contributed by atoms with Gasteiger partial charge in [-0.05, 0) is 11.5 Å². The molecule has 1 amide bonds. The Bertz CT molecular complexity index is 361. The summed E-state index contributed by atoms with van der Waals surface area (Å²) in [6.45, 7) is 3.76. The van der Waals surface area contributed by atoms with Crippen LogP contribution in [-0.2, 0) is 4.79 Å². The van der Waals surface area contributed by atoms with Crippen LogP contribution in [-0.4, -0.2) is 47.3 Å². The Morgan fingerprint density at radius 3 is 2.61 bits per heavy atom. The van der Waals surface area contributed by atoms with E-state index in [1.807, 2.05) is 27.1 Å². The first-order valence-corrected chi connectivity index (χ1v) is 6.12. The first-order chi connectivity index (χ1) is 8.47. The molecule has 1 atom stereocenters. The molecule has 0 radical (unpaired) electrons. The topological polar surface area (TPSA) is 72.8 Å². The molecule has 3 N–H and O–H groups in total. The van der Waals surface area contributed by atoms with E-state index in [2.05, 4.69) is 5.32 Å². The molecule has 0 aromatic rings. The normalized spacial score (nSPS) is 17.3. The second-order valence-corrected chi connectivity index (χ2v) is 4.95. The van der Waals surface area contributed by atoms with E-state index in [1.165, 1.54) is 0 Å². The minimum atomic E-state index is -0.243. The van der Waals surface area contributed by atoms with Gasteiger partial charge in [0.05, 0.1) is 19.3 Å². The minimum Gasteiger partial charge on any atom is -0.394 e. The van der Waals surface area contributed by atoms with Gasteiger partial charge in [-0.25, -0.2) is 0 Å². The van der Waals surface area contributed by atoms with Crippen LogP contribution in [0.2, 0.25) is 0 Å². The Hall–Kier alpha value is -1.33. The first kappa shape index (κ1) is 14.7. The van der Waals surface area contributed by atoms with Gasteiger partial charge in [0.1, 0.15) is 0 Å². The molecule has 0 aromatic heterocycles. The number of carbonyl (C=O) groups is 1. The molecule has 0 saturated heterocycles. The Labute approximate surface area is 108 Å². The van der Waals surface area contributed by atoms with Crippen molar-refractivity contribution in [3.63, 3.8) is 0 Å². The Morgan fingerprint density at radius 1 is 1.44 bits per heavy atom. The standard InChI is InChI=1S/C13H22N2O3/c1-9(2)12(8-17)14-13(18)11-4-10(7-16)5-15(3)6-11/h5-6,9,12,16-17H,4,7-8H2,1-3H3,(H,14,18)/t12-/m1/s1. The van der Waals surface area contributed by atoms with Crippen LogP contribution in [0.4, 0.5) is 0 Å². The van der Waals surface area contributed by atoms with Gasteiger partial charge in [0.25, 0.3) is 0 Å². The van der Waals surface area contributed by atoms with Crippen molar-refractivity contribution in [2.45, 2.75) is 26.3 Å². The predicted octanol–water partition coefficient (Wildman–Crippen LogP) is 0.215. The highest BCUT2D eigenvalue weighted by atomic mass is 16.3. The third-order valence-electron chi connectivity index (χ3n) is 2.98. The highest BCUT2D eigenvalue weighted by Crippen LogP contribution is 2.18.